The molecule has 2 atom stereocenters. The molecule has 0 aliphatic carbocycles. The first kappa shape index (κ1) is 17.1. The largest absolute Gasteiger partial charge is 0.504 e. The highest BCUT2D eigenvalue weighted by Gasteiger charge is 2.41. The van der Waals surface area contributed by atoms with Gasteiger partial charge in [-0.2, -0.15) is 5.10 Å². The van der Waals surface area contributed by atoms with Crippen molar-refractivity contribution in [3.63, 3.8) is 0 Å². The molecular weight excluding hydrogens is 372 g/mol. The number of aromatic hydroxyl groups is 1. The van der Waals surface area contributed by atoms with Crippen molar-refractivity contribution in [2.45, 2.75) is 25.6 Å². The van der Waals surface area contributed by atoms with Crippen LogP contribution < -0.4 is 9.47 Å². The quantitative estimate of drug-likeness (QED) is 0.672. The summed E-state index contributed by atoms with van der Waals surface area (Å²) in [5.41, 5.74) is 3.13. The average molecular weight is 392 g/mol. The molecule has 2 aliphatic heterocycles. The number of hydrogen-bond donors (Lipinski definition) is 1. The molecule has 0 bridgehead atoms. The summed E-state index contributed by atoms with van der Waals surface area (Å²) in [6.45, 7) is 2.38. The van der Waals surface area contributed by atoms with E-state index in [2.05, 4.69) is 23.6 Å². The molecule has 3 aromatic rings. The van der Waals surface area contributed by atoms with Crippen molar-refractivity contribution in [1.29, 1.82) is 0 Å². The zero-order valence-corrected chi connectivity index (χ0v) is 16.2. The first-order chi connectivity index (χ1) is 13.7. The van der Waals surface area contributed by atoms with Crippen LogP contribution in [0, 0.1) is 0 Å². The van der Waals surface area contributed by atoms with Gasteiger partial charge in [0.15, 0.2) is 11.5 Å². The summed E-state index contributed by atoms with van der Waals surface area (Å²) in [5, 5.41) is 19.1. The van der Waals surface area contributed by atoms with Gasteiger partial charge in [0.1, 0.15) is 5.75 Å². The molecule has 0 saturated heterocycles. The summed E-state index contributed by atoms with van der Waals surface area (Å²) in [4.78, 5) is 1.19. The molecule has 0 radical (unpaired) electrons. The smallest absolute Gasteiger partial charge is 0.214 e. The number of fused-ring (bicyclic) bond motifs is 3. The number of benzene rings is 2. The van der Waals surface area contributed by atoms with Crippen LogP contribution in [-0.4, -0.2) is 22.4 Å². The van der Waals surface area contributed by atoms with Gasteiger partial charge >= 0.3 is 0 Å². The normalized spacial score (nSPS) is 20.2. The number of nitrogens with zero attached hydrogens (tertiary/aromatic N) is 2. The van der Waals surface area contributed by atoms with Gasteiger partial charge in [0.25, 0.3) is 0 Å². The third kappa shape index (κ3) is 2.81. The molecular formula is C22H20N2O3S. The van der Waals surface area contributed by atoms with E-state index in [1.807, 2.05) is 42.3 Å². The summed E-state index contributed by atoms with van der Waals surface area (Å²) in [7, 11) is 0. The van der Waals surface area contributed by atoms with Gasteiger partial charge in [0.2, 0.25) is 6.23 Å². The Kier molecular flexibility index (Phi) is 4.20. The highest BCUT2D eigenvalue weighted by atomic mass is 32.1. The van der Waals surface area contributed by atoms with Gasteiger partial charge in [-0.3, -0.25) is 0 Å². The van der Waals surface area contributed by atoms with Crippen LogP contribution in [0.25, 0.3) is 0 Å². The van der Waals surface area contributed by atoms with Crippen molar-refractivity contribution in [2.75, 3.05) is 6.61 Å². The van der Waals surface area contributed by atoms with Gasteiger partial charge in [0, 0.05) is 17.5 Å². The summed E-state index contributed by atoms with van der Waals surface area (Å²) in [6.07, 6.45) is 0.463. The predicted octanol–water partition coefficient (Wildman–Crippen LogP) is 5.09. The minimum absolute atomic E-state index is 0.122. The number of phenolic OH excluding ortho intramolecular Hbond substituents is 1. The number of ether oxygens (including phenoxy) is 2. The molecule has 1 N–H and O–H groups in total. The lowest BCUT2D eigenvalue weighted by Gasteiger charge is -2.38. The Hall–Kier alpha value is -2.99. The molecule has 0 amide bonds. The van der Waals surface area contributed by atoms with Crippen LogP contribution in [0.2, 0.25) is 0 Å². The number of rotatable bonds is 4. The molecule has 0 fully saturated rings. The van der Waals surface area contributed by atoms with E-state index in [-0.39, 0.29) is 18.0 Å². The van der Waals surface area contributed by atoms with Crippen molar-refractivity contribution in [3.05, 3.63) is 76.0 Å². The van der Waals surface area contributed by atoms with E-state index in [1.54, 1.807) is 17.4 Å². The second kappa shape index (κ2) is 6.87. The van der Waals surface area contributed by atoms with Gasteiger partial charge in [-0.1, -0.05) is 24.3 Å². The van der Waals surface area contributed by atoms with Gasteiger partial charge in [-0.15, -0.1) is 11.3 Å². The Labute approximate surface area is 167 Å². The number of hydrazone groups is 1. The monoisotopic (exact) mass is 392 g/mol. The molecule has 3 heterocycles. The lowest BCUT2D eigenvalue weighted by atomic mass is 9.97. The maximum Gasteiger partial charge on any atom is 0.214 e. The zero-order chi connectivity index (χ0) is 19.1. The first-order valence-corrected chi connectivity index (χ1v) is 10.2. The van der Waals surface area contributed by atoms with Gasteiger partial charge in [-0.05, 0) is 42.6 Å². The molecule has 0 saturated carbocycles. The zero-order valence-electron chi connectivity index (χ0n) is 15.4. The van der Waals surface area contributed by atoms with Crippen LogP contribution >= 0.6 is 11.3 Å². The molecule has 5 rings (SSSR count). The second-order valence-electron chi connectivity index (χ2n) is 6.79. The maximum absolute atomic E-state index is 10.1. The van der Waals surface area contributed by atoms with E-state index in [0.717, 1.165) is 29.0 Å². The van der Waals surface area contributed by atoms with Crippen molar-refractivity contribution in [2.24, 2.45) is 5.10 Å². The molecule has 142 valence electrons. The highest BCUT2D eigenvalue weighted by molar-refractivity contribution is 7.12. The topological polar surface area (TPSA) is 54.3 Å². The minimum Gasteiger partial charge on any atom is -0.504 e. The van der Waals surface area contributed by atoms with E-state index in [4.69, 9.17) is 14.6 Å². The van der Waals surface area contributed by atoms with Crippen molar-refractivity contribution >= 4 is 17.0 Å². The molecule has 1 aromatic heterocycles. The third-order valence-electron chi connectivity index (χ3n) is 5.07. The fraction of sp³-hybridized carbons (Fsp3) is 0.227. The maximum atomic E-state index is 10.1. The van der Waals surface area contributed by atoms with Crippen molar-refractivity contribution < 1.29 is 14.6 Å². The van der Waals surface area contributed by atoms with Crippen molar-refractivity contribution in [3.8, 4) is 17.2 Å². The lowest BCUT2D eigenvalue weighted by molar-refractivity contribution is -0.0191. The van der Waals surface area contributed by atoms with Crippen LogP contribution in [0.15, 0.2) is 65.1 Å². The molecule has 2 aliphatic rings. The standard InChI is InChI=1S/C22H20N2O3S/c1-2-26-20-12-14(9-10-18(20)25)22-24-17(15-6-3-4-7-19(15)27-22)13-16(23-24)21-8-5-11-28-21/h3-12,17,22,25H,2,13H2,1H3. The summed E-state index contributed by atoms with van der Waals surface area (Å²) >= 11 is 1.70. The van der Waals surface area contributed by atoms with E-state index >= 15 is 0 Å². The van der Waals surface area contributed by atoms with E-state index in [1.165, 1.54) is 4.88 Å². The second-order valence-corrected chi connectivity index (χ2v) is 7.74. The predicted molar refractivity (Wildman–Crippen MR) is 109 cm³/mol. The van der Waals surface area contributed by atoms with Crippen molar-refractivity contribution in [1.82, 2.24) is 5.01 Å². The van der Waals surface area contributed by atoms with Gasteiger partial charge < -0.3 is 14.6 Å². The van der Waals surface area contributed by atoms with Crippen LogP contribution in [0.4, 0.5) is 0 Å². The molecule has 0 spiro atoms. The van der Waals surface area contributed by atoms with Crippen LogP contribution in [-0.2, 0) is 0 Å². The fourth-order valence-electron chi connectivity index (χ4n) is 3.80. The summed E-state index contributed by atoms with van der Waals surface area (Å²) in [5.74, 6) is 1.46. The Balaban J connectivity index is 1.59. The first-order valence-electron chi connectivity index (χ1n) is 9.35. The average Bonchev–Trinajstić information content (AvgIpc) is 3.39. The van der Waals surface area contributed by atoms with E-state index in [0.29, 0.717) is 12.4 Å². The Morgan fingerprint density at radius 2 is 2.11 bits per heavy atom. The summed E-state index contributed by atoms with van der Waals surface area (Å²) < 4.78 is 11.9. The van der Waals surface area contributed by atoms with Crippen LogP contribution in [0.1, 0.15) is 41.6 Å². The minimum atomic E-state index is -0.378. The Morgan fingerprint density at radius 3 is 2.93 bits per heavy atom. The number of phenols is 1. The van der Waals surface area contributed by atoms with E-state index in [9.17, 15) is 5.11 Å². The third-order valence-corrected chi connectivity index (χ3v) is 5.99. The highest BCUT2D eigenvalue weighted by Crippen LogP contribution is 2.48. The molecule has 28 heavy (non-hydrogen) atoms. The molecule has 2 aromatic carbocycles. The van der Waals surface area contributed by atoms with E-state index < -0.39 is 0 Å². The number of para-hydroxylation sites is 1. The Morgan fingerprint density at radius 1 is 1.21 bits per heavy atom. The lowest BCUT2D eigenvalue weighted by Crippen LogP contribution is -2.33. The fourth-order valence-corrected chi connectivity index (χ4v) is 4.52. The SMILES string of the molecule is CCOc1cc(C2Oc3ccccc3C3CC(c4cccs4)=NN32)ccc1O. The van der Waals surface area contributed by atoms with Crippen LogP contribution in [0.5, 0.6) is 17.2 Å². The van der Waals surface area contributed by atoms with Gasteiger partial charge in [0.05, 0.1) is 23.2 Å². The summed E-state index contributed by atoms with van der Waals surface area (Å²) in [6, 6.07) is 17.8. The number of hydrogen-bond acceptors (Lipinski definition) is 6. The van der Waals surface area contributed by atoms with Gasteiger partial charge in [-0.25, -0.2) is 5.01 Å². The molecule has 6 heteroatoms. The Bertz CT molecular complexity index is 1030. The number of thiophene rings is 1. The van der Waals surface area contributed by atoms with Crippen LogP contribution in [0.3, 0.4) is 0 Å². The molecule has 2 unspecified atom stereocenters. The molecule has 5 nitrogen and oxygen atoms in total.